The van der Waals surface area contributed by atoms with Gasteiger partial charge in [-0.1, -0.05) is 20.3 Å². The van der Waals surface area contributed by atoms with E-state index in [1.54, 1.807) is 0 Å². The van der Waals surface area contributed by atoms with E-state index in [9.17, 15) is 5.11 Å². The van der Waals surface area contributed by atoms with E-state index >= 15 is 0 Å². The summed E-state index contributed by atoms with van der Waals surface area (Å²) in [5, 5.41) is 12.9. The average molecular weight is 300 g/mol. The molecule has 1 rings (SSSR count). The van der Waals surface area contributed by atoms with Crippen LogP contribution in [-0.4, -0.2) is 72.9 Å². The van der Waals surface area contributed by atoms with Crippen LogP contribution >= 0.6 is 0 Å². The quantitative estimate of drug-likeness (QED) is 0.605. The van der Waals surface area contributed by atoms with Gasteiger partial charge in [0, 0.05) is 11.6 Å². The first-order valence-electron chi connectivity index (χ1n) is 8.83. The Kier molecular flexibility index (Phi) is 8.79. The molecule has 0 saturated carbocycles. The minimum atomic E-state index is -0.0974. The van der Waals surface area contributed by atoms with Gasteiger partial charge in [-0.15, -0.1) is 0 Å². The zero-order chi connectivity index (χ0) is 15.7. The molecule has 1 aliphatic rings. The van der Waals surface area contributed by atoms with Crippen LogP contribution in [0.1, 0.15) is 52.9 Å². The molecular weight excluding hydrogens is 262 g/mol. The van der Waals surface area contributed by atoms with Gasteiger partial charge in [0.2, 0.25) is 0 Å². The van der Waals surface area contributed by atoms with Crippen molar-refractivity contribution in [3.63, 3.8) is 0 Å². The number of aliphatic hydroxyl groups is 1. The van der Waals surface area contributed by atoms with Crippen LogP contribution in [0.15, 0.2) is 0 Å². The first-order chi connectivity index (χ1) is 10.0. The Morgan fingerprint density at radius 2 is 1.90 bits per heavy atom. The van der Waals surface area contributed by atoms with Gasteiger partial charge < -0.3 is 20.2 Å². The molecule has 0 aromatic carbocycles. The van der Waals surface area contributed by atoms with Gasteiger partial charge in [0.15, 0.2) is 0 Å². The molecule has 4 heteroatoms. The monoisotopic (exact) mass is 299 g/mol. The van der Waals surface area contributed by atoms with Gasteiger partial charge in [-0.2, -0.15) is 0 Å². The number of unbranched alkanes of at least 4 members (excludes halogenated alkanes) is 1. The number of hydrogen-bond acceptors (Lipinski definition) is 4. The summed E-state index contributed by atoms with van der Waals surface area (Å²) in [4.78, 5) is 5.10. The van der Waals surface area contributed by atoms with Crippen molar-refractivity contribution >= 4 is 0 Å². The highest BCUT2D eigenvalue weighted by Crippen LogP contribution is 2.17. The first kappa shape index (κ1) is 18.9. The Hall–Kier alpha value is -0.160. The van der Waals surface area contributed by atoms with E-state index in [4.69, 9.17) is 0 Å². The third-order valence-electron chi connectivity index (χ3n) is 5.07. The molecule has 21 heavy (non-hydrogen) atoms. The molecule has 0 aromatic rings. The van der Waals surface area contributed by atoms with E-state index in [-0.39, 0.29) is 12.1 Å². The van der Waals surface area contributed by atoms with E-state index in [2.05, 4.69) is 42.9 Å². The summed E-state index contributed by atoms with van der Waals surface area (Å²) in [6.45, 7) is 12.5. The summed E-state index contributed by atoms with van der Waals surface area (Å²) >= 11 is 0. The molecule has 1 fully saturated rings. The highest BCUT2D eigenvalue weighted by molar-refractivity contribution is 4.82. The molecular formula is C17H37N3O. The molecule has 1 unspecified atom stereocenters. The van der Waals surface area contributed by atoms with Crippen LogP contribution in [0.2, 0.25) is 0 Å². The topological polar surface area (TPSA) is 38.7 Å². The highest BCUT2D eigenvalue weighted by atomic mass is 16.3. The Labute approximate surface area is 131 Å². The summed E-state index contributed by atoms with van der Waals surface area (Å²) in [5.41, 5.74) is -0.0974. The van der Waals surface area contributed by atoms with Crippen LogP contribution in [-0.2, 0) is 0 Å². The van der Waals surface area contributed by atoms with Crippen molar-refractivity contribution in [1.29, 1.82) is 0 Å². The van der Waals surface area contributed by atoms with E-state index in [0.717, 1.165) is 19.0 Å². The largest absolute Gasteiger partial charge is 0.394 e. The highest BCUT2D eigenvalue weighted by Gasteiger charge is 2.23. The molecule has 1 atom stereocenters. The van der Waals surface area contributed by atoms with E-state index in [1.165, 1.54) is 51.9 Å². The predicted molar refractivity (Wildman–Crippen MR) is 90.8 cm³/mol. The van der Waals surface area contributed by atoms with Gasteiger partial charge in [0.25, 0.3) is 0 Å². The standard InChI is InChI=1S/C17H37N3O/c1-5-18-17(3,15-21)11-7-8-12-19(4)16-9-13-20(6-2)14-10-16/h16,18,21H,5-15H2,1-4H3. The second-order valence-electron chi connectivity index (χ2n) is 6.85. The fourth-order valence-corrected chi connectivity index (χ4v) is 3.39. The maximum atomic E-state index is 9.50. The molecule has 1 heterocycles. The lowest BCUT2D eigenvalue weighted by Gasteiger charge is -2.36. The van der Waals surface area contributed by atoms with Crippen molar-refractivity contribution in [3.8, 4) is 0 Å². The van der Waals surface area contributed by atoms with Crippen molar-refractivity contribution in [3.05, 3.63) is 0 Å². The van der Waals surface area contributed by atoms with E-state index < -0.39 is 0 Å². The Morgan fingerprint density at radius 3 is 2.43 bits per heavy atom. The lowest BCUT2D eigenvalue weighted by Crippen LogP contribution is -2.46. The van der Waals surface area contributed by atoms with Crippen LogP contribution in [0.25, 0.3) is 0 Å². The van der Waals surface area contributed by atoms with Gasteiger partial charge in [-0.25, -0.2) is 0 Å². The fraction of sp³-hybridized carbons (Fsp3) is 1.00. The lowest BCUT2D eigenvalue weighted by molar-refractivity contribution is 0.127. The van der Waals surface area contributed by atoms with Crippen LogP contribution in [0.3, 0.4) is 0 Å². The number of aliphatic hydroxyl groups excluding tert-OH is 1. The molecule has 4 nitrogen and oxygen atoms in total. The number of hydrogen-bond donors (Lipinski definition) is 2. The molecule has 1 saturated heterocycles. The van der Waals surface area contributed by atoms with Crippen molar-refractivity contribution < 1.29 is 5.11 Å². The molecule has 126 valence electrons. The van der Waals surface area contributed by atoms with Gasteiger partial charge >= 0.3 is 0 Å². The number of likely N-dealkylation sites (N-methyl/N-ethyl adjacent to an activating group) is 1. The summed E-state index contributed by atoms with van der Waals surface area (Å²) < 4.78 is 0. The molecule has 0 amide bonds. The van der Waals surface area contributed by atoms with Gasteiger partial charge in [0.1, 0.15) is 0 Å². The molecule has 0 radical (unpaired) electrons. The minimum Gasteiger partial charge on any atom is -0.394 e. The summed E-state index contributed by atoms with van der Waals surface area (Å²) in [5.74, 6) is 0. The number of likely N-dealkylation sites (tertiary alicyclic amines) is 1. The summed E-state index contributed by atoms with van der Waals surface area (Å²) in [6, 6.07) is 0.769. The summed E-state index contributed by atoms with van der Waals surface area (Å²) in [6.07, 6.45) is 6.10. The van der Waals surface area contributed by atoms with Crippen LogP contribution in [0, 0.1) is 0 Å². The molecule has 2 N–H and O–H groups in total. The number of nitrogens with one attached hydrogen (secondary N) is 1. The molecule has 0 bridgehead atoms. The smallest absolute Gasteiger partial charge is 0.0610 e. The van der Waals surface area contributed by atoms with Gasteiger partial charge in [0.05, 0.1) is 6.61 Å². The van der Waals surface area contributed by atoms with Crippen molar-refractivity contribution in [2.24, 2.45) is 0 Å². The zero-order valence-corrected chi connectivity index (χ0v) is 14.7. The predicted octanol–water partition coefficient (Wildman–Crippen LogP) is 1.93. The number of rotatable bonds is 10. The Balaban J connectivity index is 2.17. The average Bonchev–Trinajstić information content (AvgIpc) is 2.51. The summed E-state index contributed by atoms with van der Waals surface area (Å²) in [7, 11) is 2.28. The van der Waals surface area contributed by atoms with E-state index in [1.807, 2.05) is 0 Å². The molecule has 0 aromatic heterocycles. The molecule has 1 aliphatic heterocycles. The first-order valence-corrected chi connectivity index (χ1v) is 8.83. The number of piperidine rings is 1. The molecule has 0 spiro atoms. The van der Waals surface area contributed by atoms with Crippen LogP contribution in [0.5, 0.6) is 0 Å². The maximum Gasteiger partial charge on any atom is 0.0610 e. The normalized spacial score (nSPS) is 20.9. The third-order valence-corrected chi connectivity index (χ3v) is 5.07. The van der Waals surface area contributed by atoms with Gasteiger partial charge in [-0.05, 0) is 72.4 Å². The van der Waals surface area contributed by atoms with Crippen molar-refractivity contribution in [1.82, 2.24) is 15.1 Å². The minimum absolute atomic E-state index is 0.0974. The van der Waals surface area contributed by atoms with Crippen LogP contribution in [0.4, 0.5) is 0 Å². The fourth-order valence-electron chi connectivity index (χ4n) is 3.39. The Morgan fingerprint density at radius 1 is 1.24 bits per heavy atom. The third kappa shape index (κ3) is 6.64. The van der Waals surface area contributed by atoms with Gasteiger partial charge in [-0.3, -0.25) is 0 Å². The van der Waals surface area contributed by atoms with Crippen molar-refractivity contribution in [2.75, 3.05) is 46.4 Å². The van der Waals surface area contributed by atoms with Crippen molar-refractivity contribution in [2.45, 2.75) is 64.5 Å². The number of nitrogens with zero attached hydrogens (tertiary/aromatic N) is 2. The lowest BCUT2D eigenvalue weighted by atomic mass is 9.95. The Bertz CT molecular complexity index is 267. The van der Waals surface area contributed by atoms with E-state index in [0.29, 0.717) is 0 Å². The SMILES string of the molecule is CCNC(C)(CO)CCCCN(C)C1CCN(CC)CC1. The molecule has 0 aliphatic carbocycles. The van der Waals surface area contributed by atoms with Crippen LogP contribution < -0.4 is 5.32 Å². The zero-order valence-electron chi connectivity index (χ0n) is 14.7. The maximum absolute atomic E-state index is 9.50. The second-order valence-corrected chi connectivity index (χ2v) is 6.85. The second kappa shape index (κ2) is 9.78.